The fraction of sp³-hybridized carbons (Fsp3) is 0.400. The van der Waals surface area contributed by atoms with Crippen molar-refractivity contribution >= 4 is 38.7 Å². The predicted octanol–water partition coefficient (Wildman–Crippen LogP) is -0.148. The van der Waals surface area contributed by atoms with Crippen LogP contribution in [0.4, 0.5) is 10.2 Å². The standard InChI is InChI=1S/C15H16FIN5S2/c1-7-9(2-3-18)23-13-12(7)21-14(8-4-17-8)22-15(13)20-6-11-19-5-10(16)24-11/h5,8H,2-4,6,18H2,1H3,(H,20,21,22)/q-1. The van der Waals surface area contributed by atoms with Crippen molar-refractivity contribution < 1.29 is 25.6 Å². The molecule has 0 aliphatic carbocycles. The number of nitrogens with zero attached hydrogens (tertiary/aromatic N) is 3. The Morgan fingerprint density at radius 1 is 1.42 bits per heavy atom. The molecule has 1 aliphatic heterocycles. The van der Waals surface area contributed by atoms with Gasteiger partial charge in [-0.15, -0.1) is 0 Å². The second-order valence-electron chi connectivity index (χ2n) is 5.48. The van der Waals surface area contributed by atoms with Gasteiger partial charge in [0.15, 0.2) is 0 Å². The summed E-state index contributed by atoms with van der Waals surface area (Å²) in [6.07, 6.45) is 2.11. The number of fused-ring (bicyclic) bond motifs is 1. The molecule has 9 heteroatoms. The molecule has 0 saturated carbocycles. The number of aromatic nitrogens is 3. The molecule has 4 heterocycles. The van der Waals surface area contributed by atoms with Gasteiger partial charge in [-0.1, -0.05) is 0 Å². The molecule has 3 aromatic heterocycles. The quantitative estimate of drug-likeness (QED) is 0.383. The average molecular weight is 476 g/mol. The summed E-state index contributed by atoms with van der Waals surface area (Å²) in [5.41, 5.74) is 7.98. The van der Waals surface area contributed by atoms with E-state index in [0.717, 1.165) is 44.6 Å². The van der Waals surface area contributed by atoms with Gasteiger partial charge in [-0.05, 0) is 0 Å². The molecule has 3 N–H and O–H groups in total. The van der Waals surface area contributed by atoms with E-state index in [0.29, 0.717) is 17.0 Å². The van der Waals surface area contributed by atoms with E-state index in [1.165, 1.54) is 21.1 Å². The van der Waals surface area contributed by atoms with E-state index < -0.39 is 0 Å². The molecule has 1 saturated heterocycles. The zero-order valence-corrected chi connectivity index (χ0v) is 16.8. The second-order valence-corrected chi connectivity index (χ2v) is 10.9. The zero-order chi connectivity index (χ0) is 16.7. The van der Waals surface area contributed by atoms with Crippen molar-refractivity contribution in [3.05, 3.63) is 32.6 Å². The molecule has 1 unspecified atom stereocenters. The van der Waals surface area contributed by atoms with Gasteiger partial charge in [0, 0.05) is 0 Å². The molecule has 24 heavy (non-hydrogen) atoms. The van der Waals surface area contributed by atoms with Crippen LogP contribution in [0.25, 0.3) is 10.2 Å². The van der Waals surface area contributed by atoms with Crippen molar-refractivity contribution in [1.82, 2.24) is 15.0 Å². The average Bonchev–Trinajstić information content (AvgIpc) is 3.27. The van der Waals surface area contributed by atoms with Crippen LogP contribution >= 0.6 is 22.7 Å². The third-order valence-electron chi connectivity index (χ3n) is 3.77. The molecule has 0 bridgehead atoms. The first-order valence-electron chi connectivity index (χ1n) is 7.57. The maximum atomic E-state index is 13.1. The fourth-order valence-corrected chi connectivity index (χ4v) is 5.62. The minimum absolute atomic E-state index is 0.236. The molecule has 1 aliphatic rings. The Bertz CT molecular complexity index is 889. The van der Waals surface area contributed by atoms with E-state index in [-0.39, 0.29) is 26.3 Å². The fourth-order valence-electron chi connectivity index (χ4n) is 2.49. The van der Waals surface area contributed by atoms with Crippen LogP contribution in [0, 0.1) is 12.1 Å². The number of thiazole rings is 1. The molecular formula is C15H16FIN5S2-. The monoisotopic (exact) mass is 476 g/mol. The van der Waals surface area contributed by atoms with Crippen LogP contribution in [-0.4, -0.2) is 25.9 Å². The summed E-state index contributed by atoms with van der Waals surface area (Å²) in [5, 5.41) is 3.80. The van der Waals surface area contributed by atoms with Gasteiger partial charge in [0.25, 0.3) is 0 Å². The molecule has 3 aromatic rings. The Kier molecular flexibility index (Phi) is 4.67. The molecule has 4 rings (SSSR count). The Balaban J connectivity index is 1.72. The van der Waals surface area contributed by atoms with E-state index in [1.807, 2.05) is 0 Å². The Morgan fingerprint density at radius 2 is 2.25 bits per heavy atom. The van der Waals surface area contributed by atoms with Crippen molar-refractivity contribution in [1.29, 1.82) is 0 Å². The number of aryl methyl sites for hydroxylation is 1. The Labute approximate surface area is 157 Å². The third kappa shape index (κ3) is 3.26. The van der Waals surface area contributed by atoms with E-state index in [9.17, 15) is 4.39 Å². The van der Waals surface area contributed by atoms with Gasteiger partial charge in [0.1, 0.15) is 0 Å². The van der Waals surface area contributed by atoms with Gasteiger partial charge in [0.2, 0.25) is 0 Å². The van der Waals surface area contributed by atoms with Crippen LogP contribution < -0.4 is 32.3 Å². The molecule has 0 spiro atoms. The SMILES string of the molecule is Cc1c(CCN)sc2c(NCc3ncc(F)s3)nc(C3C[I-]3)nc12. The number of nitrogens with one attached hydrogen (secondary N) is 1. The topological polar surface area (TPSA) is 76.7 Å². The molecule has 5 nitrogen and oxygen atoms in total. The number of anilines is 1. The number of halogens is 2. The first kappa shape index (κ1) is 16.6. The summed E-state index contributed by atoms with van der Waals surface area (Å²) >= 11 is 3.00. The summed E-state index contributed by atoms with van der Waals surface area (Å²) in [7, 11) is 0. The van der Waals surface area contributed by atoms with Gasteiger partial charge in [-0.25, -0.2) is 0 Å². The van der Waals surface area contributed by atoms with Gasteiger partial charge in [-0.3, -0.25) is 0 Å². The number of hydrogen-bond acceptors (Lipinski definition) is 7. The number of hydrogen-bond donors (Lipinski definition) is 2. The maximum absolute atomic E-state index is 13.1. The van der Waals surface area contributed by atoms with Crippen LogP contribution in [0.5, 0.6) is 0 Å². The van der Waals surface area contributed by atoms with Crippen molar-refractivity contribution in [3.8, 4) is 0 Å². The summed E-state index contributed by atoms with van der Waals surface area (Å²) in [6, 6.07) is 0. The summed E-state index contributed by atoms with van der Waals surface area (Å²) in [6.45, 7) is 3.22. The predicted molar refractivity (Wildman–Crippen MR) is 91.9 cm³/mol. The minimum atomic E-state index is -0.264. The molecule has 1 fully saturated rings. The number of thiophene rings is 1. The van der Waals surface area contributed by atoms with Gasteiger partial charge in [-0.2, -0.15) is 0 Å². The molecule has 128 valence electrons. The van der Waals surface area contributed by atoms with E-state index >= 15 is 0 Å². The molecule has 1 atom stereocenters. The number of rotatable bonds is 6. The van der Waals surface area contributed by atoms with Crippen LogP contribution in [0.15, 0.2) is 6.20 Å². The van der Waals surface area contributed by atoms with Crippen molar-refractivity contribution in [2.75, 3.05) is 16.3 Å². The normalized spacial score (nSPS) is 17.0. The van der Waals surface area contributed by atoms with Crippen molar-refractivity contribution in [2.45, 2.75) is 23.8 Å². The summed E-state index contributed by atoms with van der Waals surface area (Å²) < 4.78 is 16.0. The first-order valence-corrected chi connectivity index (χ1v) is 12.0. The molecular weight excluding hydrogens is 460 g/mol. The van der Waals surface area contributed by atoms with E-state index in [1.54, 1.807) is 11.3 Å². The zero-order valence-electron chi connectivity index (χ0n) is 13.0. The Hall–Kier alpha value is -0.910. The summed E-state index contributed by atoms with van der Waals surface area (Å²) in [4.78, 5) is 14.9. The van der Waals surface area contributed by atoms with Crippen LogP contribution in [0.1, 0.15) is 25.2 Å². The third-order valence-corrected chi connectivity index (χ3v) is 8.23. The van der Waals surface area contributed by atoms with Crippen LogP contribution in [0.3, 0.4) is 0 Å². The first-order chi connectivity index (χ1) is 11.7. The molecule has 0 amide bonds. The second kappa shape index (κ2) is 6.77. The van der Waals surface area contributed by atoms with Gasteiger partial charge >= 0.3 is 158 Å². The summed E-state index contributed by atoms with van der Waals surface area (Å²) in [5.74, 6) is 1.81. The van der Waals surface area contributed by atoms with Crippen LogP contribution in [-0.2, 0) is 13.0 Å². The molecule has 0 radical (unpaired) electrons. The van der Waals surface area contributed by atoms with Crippen molar-refractivity contribution in [2.24, 2.45) is 5.73 Å². The molecule has 0 aromatic carbocycles. The van der Waals surface area contributed by atoms with E-state index in [2.05, 4.69) is 17.2 Å². The van der Waals surface area contributed by atoms with Crippen LogP contribution in [0.2, 0.25) is 0 Å². The van der Waals surface area contributed by atoms with Gasteiger partial charge < -0.3 is 0 Å². The van der Waals surface area contributed by atoms with Crippen molar-refractivity contribution in [3.63, 3.8) is 0 Å². The van der Waals surface area contributed by atoms with E-state index in [4.69, 9.17) is 15.7 Å². The van der Waals surface area contributed by atoms with Gasteiger partial charge in [0.05, 0.1) is 0 Å². The number of nitrogens with two attached hydrogens (primary N) is 1. The number of alkyl halides is 2. The Morgan fingerprint density at radius 3 is 2.92 bits per heavy atom.